The molecular weight excluding hydrogens is 559 g/mol. The lowest BCUT2D eigenvalue weighted by atomic mass is 9.85. The Labute approximate surface area is 243 Å². The van der Waals surface area contributed by atoms with Crippen LogP contribution in [0.3, 0.4) is 0 Å². The zero-order chi connectivity index (χ0) is 29.4. The Morgan fingerprint density at radius 1 is 0.925 bits per heavy atom. The lowest BCUT2D eigenvalue weighted by Gasteiger charge is -2.29. The highest BCUT2D eigenvalue weighted by Crippen LogP contribution is 2.42. The highest BCUT2D eigenvalue weighted by molar-refractivity contribution is 6.31. The molecule has 11 heteroatoms. The Hall–Kier alpha value is -3.69. The first-order valence-corrected chi connectivity index (χ1v) is 13.4. The molecule has 1 heterocycles. The van der Waals surface area contributed by atoms with Crippen molar-refractivity contribution in [2.45, 2.75) is 45.8 Å². The van der Waals surface area contributed by atoms with E-state index in [1.54, 1.807) is 31.2 Å². The number of nitrogens with zero attached hydrogens (tertiary/aromatic N) is 1. The van der Waals surface area contributed by atoms with E-state index in [-0.39, 0.29) is 11.4 Å². The van der Waals surface area contributed by atoms with Crippen molar-refractivity contribution in [1.82, 2.24) is 10.3 Å². The Kier molecular flexibility index (Phi) is 10.9. The predicted molar refractivity (Wildman–Crippen MR) is 152 cm³/mol. The van der Waals surface area contributed by atoms with E-state index in [4.69, 9.17) is 42.1 Å². The number of nitrogens with one attached hydrogen (secondary N) is 1. The van der Waals surface area contributed by atoms with Crippen molar-refractivity contribution in [2.75, 3.05) is 20.3 Å². The van der Waals surface area contributed by atoms with Gasteiger partial charge in [0.15, 0.2) is 17.2 Å². The summed E-state index contributed by atoms with van der Waals surface area (Å²) < 4.78 is 22.7. The van der Waals surface area contributed by atoms with E-state index in [0.717, 1.165) is 11.1 Å². The molecule has 0 aliphatic rings. The molecule has 0 fully saturated rings. The first-order chi connectivity index (χ1) is 19.1. The number of halogens is 2. The summed E-state index contributed by atoms with van der Waals surface area (Å²) in [5.74, 6) is -1.32. The monoisotopic (exact) mass is 590 g/mol. The second kappa shape index (κ2) is 14.1. The lowest BCUT2D eigenvalue weighted by molar-refractivity contribution is -0.150. The van der Waals surface area contributed by atoms with Gasteiger partial charge in [-0.1, -0.05) is 35.3 Å². The third kappa shape index (κ3) is 7.28. The fourth-order valence-corrected chi connectivity index (χ4v) is 4.53. The van der Waals surface area contributed by atoms with Crippen molar-refractivity contribution in [1.29, 1.82) is 0 Å². The third-order valence-electron chi connectivity index (χ3n) is 6.02. The average molecular weight is 591 g/mol. The first kappa shape index (κ1) is 30.8. The maximum atomic E-state index is 13.2. The molecule has 2 N–H and O–H groups in total. The summed E-state index contributed by atoms with van der Waals surface area (Å²) in [5.41, 5.74) is 1.16. The number of aromatic hydroxyl groups is 1. The number of aromatic nitrogens is 1. The maximum Gasteiger partial charge on any atom is 0.328 e. The summed E-state index contributed by atoms with van der Waals surface area (Å²) in [6.45, 7) is 7.71. The molecule has 0 spiro atoms. The van der Waals surface area contributed by atoms with Crippen LogP contribution in [-0.4, -0.2) is 54.4 Å². The van der Waals surface area contributed by atoms with Crippen molar-refractivity contribution < 1.29 is 33.6 Å². The van der Waals surface area contributed by atoms with Crippen LogP contribution in [0.25, 0.3) is 0 Å². The van der Waals surface area contributed by atoms with Crippen LogP contribution < -0.4 is 19.5 Å². The number of ether oxygens (including phenoxy) is 4. The van der Waals surface area contributed by atoms with Gasteiger partial charge in [0.25, 0.3) is 5.91 Å². The molecule has 0 radical (unpaired) electrons. The third-order valence-corrected chi connectivity index (χ3v) is 6.49. The van der Waals surface area contributed by atoms with Gasteiger partial charge >= 0.3 is 5.97 Å². The number of rotatable bonds is 12. The second-order valence-corrected chi connectivity index (χ2v) is 9.63. The molecule has 0 saturated heterocycles. The van der Waals surface area contributed by atoms with Crippen LogP contribution >= 0.6 is 23.2 Å². The highest BCUT2D eigenvalue weighted by atomic mass is 35.5. The standard InChI is InChI=1S/C29H32Cl2N2O7/c1-6-38-23-14-18(30)8-10-20(23)25(21-11-9-19(31)15-24(21)39-7-2)17(4)40-29(36)16(3)33-28(35)26-27(34)22(37-5)12-13-32-26/h8-17,25,34H,6-7H2,1-5H3,(H,33,35)/t16-,17-/m0/s1. The van der Waals surface area contributed by atoms with E-state index in [1.165, 1.54) is 26.3 Å². The van der Waals surface area contributed by atoms with E-state index in [2.05, 4.69) is 10.3 Å². The Bertz CT molecular complexity index is 1300. The zero-order valence-electron chi connectivity index (χ0n) is 22.9. The van der Waals surface area contributed by atoms with Crippen LogP contribution in [0.2, 0.25) is 10.0 Å². The van der Waals surface area contributed by atoms with E-state index in [1.807, 2.05) is 26.0 Å². The van der Waals surface area contributed by atoms with E-state index in [0.29, 0.717) is 34.8 Å². The maximum absolute atomic E-state index is 13.2. The van der Waals surface area contributed by atoms with Gasteiger partial charge in [0, 0.05) is 33.4 Å². The first-order valence-electron chi connectivity index (χ1n) is 12.7. The van der Waals surface area contributed by atoms with Crippen molar-refractivity contribution in [3.05, 3.63) is 75.5 Å². The van der Waals surface area contributed by atoms with Gasteiger partial charge in [-0.2, -0.15) is 0 Å². The molecule has 0 unspecified atom stereocenters. The molecule has 3 aromatic rings. The summed E-state index contributed by atoms with van der Waals surface area (Å²) in [7, 11) is 1.35. The van der Waals surface area contributed by atoms with Crippen LogP contribution in [0.15, 0.2) is 48.7 Å². The van der Waals surface area contributed by atoms with Crippen LogP contribution in [0.1, 0.15) is 55.2 Å². The number of pyridine rings is 1. The van der Waals surface area contributed by atoms with Crippen molar-refractivity contribution in [2.24, 2.45) is 0 Å². The van der Waals surface area contributed by atoms with Gasteiger partial charge in [-0.25, -0.2) is 9.78 Å². The molecule has 1 aromatic heterocycles. The predicted octanol–water partition coefficient (Wildman–Crippen LogP) is 5.78. The summed E-state index contributed by atoms with van der Waals surface area (Å²) >= 11 is 12.5. The van der Waals surface area contributed by atoms with Gasteiger partial charge in [-0.15, -0.1) is 0 Å². The van der Waals surface area contributed by atoms with Gasteiger partial charge in [0.05, 0.1) is 26.2 Å². The number of hydrogen-bond donors (Lipinski definition) is 2. The van der Waals surface area contributed by atoms with Crippen LogP contribution in [-0.2, 0) is 9.53 Å². The van der Waals surface area contributed by atoms with Crippen LogP contribution in [0, 0.1) is 0 Å². The summed E-state index contributed by atoms with van der Waals surface area (Å²) in [6, 6.07) is 10.8. The van der Waals surface area contributed by atoms with E-state index < -0.39 is 35.7 Å². The Morgan fingerprint density at radius 2 is 1.48 bits per heavy atom. The topological polar surface area (TPSA) is 116 Å². The molecule has 0 bridgehead atoms. The molecule has 3 rings (SSSR count). The molecule has 1 amide bonds. The molecule has 40 heavy (non-hydrogen) atoms. The van der Waals surface area contributed by atoms with E-state index in [9.17, 15) is 14.7 Å². The smallest absolute Gasteiger partial charge is 0.328 e. The fraction of sp³-hybridized carbons (Fsp3) is 0.345. The molecule has 2 atom stereocenters. The minimum Gasteiger partial charge on any atom is -0.503 e. The van der Waals surface area contributed by atoms with Gasteiger partial charge in [0.1, 0.15) is 23.6 Å². The van der Waals surface area contributed by atoms with Crippen molar-refractivity contribution in [3.63, 3.8) is 0 Å². The molecular formula is C29H32Cl2N2O7. The summed E-state index contributed by atoms with van der Waals surface area (Å²) in [5, 5.41) is 13.7. The van der Waals surface area contributed by atoms with Crippen molar-refractivity contribution in [3.8, 4) is 23.0 Å². The number of esters is 1. The zero-order valence-corrected chi connectivity index (χ0v) is 24.4. The largest absolute Gasteiger partial charge is 0.503 e. The quantitative estimate of drug-likeness (QED) is 0.255. The number of amides is 1. The SMILES string of the molecule is CCOc1cc(Cl)ccc1C(c1ccc(Cl)cc1OCC)[C@H](C)OC(=O)[C@H](C)NC(=O)c1nccc(OC)c1O. The molecule has 0 saturated carbocycles. The number of methoxy groups -OCH3 is 1. The average Bonchev–Trinajstić information content (AvgIpc) is 2.91. The number of carbonyl (C=O) groups excluding carboxylic acids is 2. The molecule has 9 nitrogen and oxygen atoms in total. The van der Waals surface area contributed by atoms with Crippen LogP contribution in [0.5, 0.6) is 23.0 Å². The molecule has 214 valence electrons. The van der Waals surface area contributed by atoms with Gasteiger partial charge in [-0.05, 0) is 52.0 Å². The highest BCUT2D eigenvalue weighted by Gasteiger charge is 2.32. The lowest BCUT2D eigenvalue weighted by Crippen LogP contribution is -2.41. The number of benzene rings is 2. The molecule has 2 aromatic carbocycles. The van der Waals surface area contributed by atoms with Crippen molar-refractivity contribution >= 4 is 35.1 Å². The normalized spacial score (nSPS) is 12.4. The van der Waals surface area contributed by atoms with Gasteiger partial charge in [-0.3, -0.25) is 4.79 Å². The van der Waals surface area contributed by atoms with Crippen LogP contribution in [0.4, 0.5) is 0 Å². The van der Waals surface area contributed by atoms with Gasteiger partial charge < -0.3 is 29.4 Å². The minimum absolute atomic E-state index is 0.0768. The minimum atomic E-state index is -1.07. The summed E-state index contributed by atoms with van der Waals surface area (Å²) in [6.07, 6.45) is 0.559. The number of carbonyl (C=O) groups is 2. The molecule has 0 aliphatic carbocycles. The molecule has 0 aliphatic heterocycles. The van der Waals surface area contributed by atoms with E-state index >= 15 is 0 Å². The van der Waals surface area contributed by atoms with Gasteiger partial charge in [0.2, 0.25) is 0 Å². The fourth-order valence-electron chi connectivity index (χ4n) is 4.21. The summed E-state index contributed by atoms with van der Waals surface area (Å²) in [4.78, 5) is 29.8. The Morgan fingerprint density at radius 3 is 1.98 bits per heavy atom. The second-order valence-electron chi connectivity index (χ2n) is 8.76. The number of hydrogen-bond acceptors (Lipinski definition) is 8. The Balaban J connectivity index is 1.93.